The first-order valence-electron chi connectivity index (χ1n) is 7.69. The van der Waals surface area contributed by atoms with Gasteiger partial charge >= 0.3 is 0 Å². The van der Waals surface area contributed by atoms with E-state index in [0.29, 0.717) is 19.0 Å². The van der Waals surface area contributed by atoms with Crippen molar-refractivity contribution in [3.63, 3.8) is 0 Å². The second kappa shape index (κ2) is 7.80. The van der Waals surface area contributed by atoms with Crippen LogP contribution in [-0.4, -0.2) is 24.4 Å². The van der Waals surface area contributed by atoms with Crippen molar-refractivity contribution in [1.82, 2.24) is 4.90 Å². The van der Waals surface area contributed by atoms with Gasteiger partial charge in [-0.3, -0.25) is 9.69 Å². The van der Waals surface area contributed by atoms with Gasteiger partial charge in [0.15, 0.2) is 0 Å². The van der Waals surface area contributed by atoms with Crippen LogP contribution in [0.3, 0.4) is 0 Å². The summed E-state index contributed by atoms with van der Waals surface area (Å²) in [6.07, 6.45) is 2.76. The number of nitrogens with one attached hydrogen (secondary N) is 1. The summed E-state index contributed by atoms with van der Waals surface area (Å²) in [6.45, 7) is 5.33. The minimum atomic E-state index is -0.0228. The van der Waals surface area contributed by atoms with Gasteiger partial charge in [0.1, 0.15) is 5.76 Å². The van der Waals surface area contributed by atoms with Crippen LogP contribution in [0.15, 0.2) is 47.1 Å². The third-order valence-electron chi connectivity index (χ3n) is 3.80. The Morgan fingerprint density at radius 2 is 2.00 bits per heavy atom. The summed E-state index contributed by atoms with van der Waals surface area (Å²) in [6, 6.07) is 11.8. The van der Waals surface area contributed by atoms with E-state index < -0.39 is 0 Å². The summed E-state index contributed by atoms with van der Waals surface area (Å²) in [4.78, 5) is 14.0. The van der Waals surface area contributed by atoms with Crippen molar-refractivity contribution in [3.8, 4) is 0 Å². The summed E-state index contributed by atoms with van der Waals surface area (Å²) in [5.74, 6) is 1.38. The zero-order chi connectivity index (χ0) is 15.9. The Kier molecular flexibility index (Phi) is 5.78. The summed E-state index contributed by atoms with van der Waals surface area (Å²) in [5, 5.41) is 2.93. The molecule has 1 atom stereocenters. The minimum absolute atomic E-state index is 0.0228. The summed E-state index contributed by atoms with van der Waals surface area (Å²) < 4.78 is 5.28. The molecule has 1 aromatic heterocycles. The maximum atomic E-state index is 12.0. The van der Waals surface area contributed by atoms with Gasteiger partial charge in [0, 0.05) is 5.69 Å². The molecule has 0 spiro atoms. The molecule has 0 aliphatic rings. The highest BCUT2D eigenvalue weighted by atomic mass is 16.3. The van der Waals surface area contributed by atoms with Crippen LogP contribution >= 0.6 is 0 Å². The lowest BCUT2D eigenvalue weighted by atomic mass is 9.99. The Morgan fingerprint density at radius 1 is 1.27 bits per heavy atom. The SMILES string of the molecule is CC[C@@H](C)c1ccc(NC(=O)CN(C)Cc2ccco2)cc1. The van der Waals surface area contributed by atoms with E-state index in [4.69, 9.17) is 4.42 Å². The van der Waals surface area contributed by atoms with Crippen LogP contribution in [0.2, 0.25) is 0 Å². The normalized spacial score (nSPS) is 12.4. The number of nitrogens with zero attached hydrogens (tertiary/aromatic N) is 1. The van der Waals surface area contributed by atoms with Crippen molar-refractivity contribution < 1.29 is 9.21 Å². The maximum absolute atomic E-state index is 12.0. The lowest BCUT2D eigenvalue weighted by Crippen LogP contribution is -2.29. The van der Waals surface area contributed by atoms with Crippen molar-refractivity contribution in [2.45, 2.75) is 32.7 Å². The number of amides is 1. The van der Waals surface area contributed by atoms with Crippen LogP contribution < -0.4 is 5.32 Å². The van der Waals surface area contributed by atoms with E-state index in [2.05, 4.69) is 31.3 Å². The molecule has 1 aromatic carbocycles. The molecule has 2 rings (SSSR count). The number of hydrogen-bond acceptors (Lipinski definition) is 3. The number of anilines is 1. The minimum Gasteiger partial charge on any atom is -0.468 e. The third-order valence-corrected chi connectivity index (χ3v) is 3.80. The van der Waals surface area contributed by atoms with Gasteiger partial charge < -0.3 is 9.73 Å². The van der Waals surface area contributed by atoms with Crippen molar-refractivity contribution in [2.75, 3.05) is 18.9 Å². The van der Waals surface area contributed by atoms with E-state index in [-0.39, 0.29) is 5.91 Å². The molecule has 0 saturated heterocycles. The quantitative estimate of drug-likeness (QED) is 0.844. The fraction of sp³-hybridized carbons (Fsp3) is 0.389. The summed E-state index contributed by atoms with van der Waals surface area (Å²) in [7, 11) is 1.90. The van der Waals surface area contributed by atoms with Gasteiger partial charge in [0.25, 0.3) is 0 Å². The number of rotatable bonds is 7. The molecule has 0 aliphatic heterocycles. The second-order valence-corrected chi connectivity index (χ2v) is 5.73. The predicted octanol–water partition coefficient (Wildman–Crippen LogP) is 3.86. The molecule has 0 bridgehead atoms. The van der Waals surface area contributed by atoms with Crippen LogP contribution in [0.4, 0.5) is 5.69 Å². The van der Waals surface area contributed by atoms with Crippen LogP contribution in [0.25, 0.3) is 0 Å². The lowest BCUT2D eigenvalue weighted by molar-refractivity contribution is -0.117. The van der Waals surface area contributed by atoms with Crippen LogP contribution in [0.1, 0.15) is 37.5 Å². The van der Waals surface area contributed by atoms with Gasteiger partial charge in [-0.25, -0.2) is 0 Å². The predicted molar refractivity (Wildman–Crippen MR) is 88.8 cm³/mol. The molecule has 0 saturated carbocycles. The van der Waals surface area contributed by atoms with Crippen molar-refractivity contribution >= 4 is 11.6 Å². The highest BCUT2D eigenvalue weighted by Gasteiger charge is 2.09. The molecular weight excluding hydrogens is 276 g/mol. The fourth-order valence-electron chi connectivity index (χ4n) is 2.30. The van der Waals surface area contributed by atoms with Crippen LogP contribution in [0.5, 0.6) is 0 Å². The Morgan fingerprint density at radius 3 is 2.59 bits per heavy atom. The monoisotopic (exact) mass is 300 g/mol. The standard InChI is InChI=1S/C18H24N2O2/c1-4-14(2)15-7-9-16(10-8-15)19-18(21)13-20(3)12-17-6-5-11-22-17/h5-11,14H,4,12-13H2,1-3H3,(H,19,21)/t14-/m1/s1. The van der Waals surface area contributed by atoms with E-state index in [1.54, 1.807) is 6.26 Å². The molecular formula is C18H24N2O2. The number of likely N-dealkylation sites (N-methyl/N-ethyl adjacent to an activating group) is 1. The average Bonchev–Trinajstić information content (AvgIpc) is 2.99. The highest BCUT2D eigenvalue weighted by Crippen LogP contribution is 2.20. The van der Waals surface area contributed by atoms with Gasteiger partial charge in [0.05, 0.1) is 19.4 Å². The van der Waals surface area contributed by atoms with Crippen molar-refractivity contribution in [1.29, 1.82) is 0 Å². The molecule has 0 aliphatic carbocycles. The van der Waals surface area contributed by atoms with Gasteiger partial charge in [-0.05, 0) is 49.2 Å². The third kappa shape index (κ3) is 4.74. The van der Waals surface area contributed by atoms with E-state index >= 15 is 0 Å². The molecule has 1 heterocycles. The van der Waals surface area contributed by atoms with Gasteiger partial charge in [0.2, 0.25) is 5.91 Å². The average molecular weight is 300 g/mol. The molecule has 118 valence electrons. The number of carbonyl (C=O) groups excluding carboxylic acids is 1. The van der Waals surface area contributed by atoms with Crippen LogP contribution in [0, 0.1) is 0 Å². The Balaban J connectivity index is 1.83. The number of hydrogen-bond donors (Lipinski definition) is 1. The maximum Gasteiger partial charge on any atom is 0.238 e. The molecule has 0 radical (unpaired) electrons. The zero-order valence-electron chi connectivity index (χ0n) is 13.5. The molecule has 0 fully saturated rings. The van der Waals surface area contributed by atoms with Gasteiger partial charge in [-0.2, -0.15) is 0 Å². The smallest absolute Gasteiger partial charge is 0.238 e. The van der Waals surface area contributed by atoms with Gasteiger partial charge in [-0.1, -0.05) is 26.0 Å². The Labute approximate surface area is 132 Å². The molecule has 1 N–H and O–H groups in total. The largest absolute Gasteiger partial charge is 0.468 e. The van der Waals surface area contributed by atoms with Crippen molar-refractivity contribution in [3.05, 3.63) is 54.0 Å². The molecule has 0 unspecified atom stereocenters. The molecule has 2 aromatic rings. The number of carbonyl (C=O) groups is 1. The van der Waals surface area contributed by atoms with E-state index in [1.165, 1.54) is 5.56 Å². The zero-order valence-corrected chi connectivity index (χ0v) is 13.5. The molecule has 4 nitrogen and oxygen atoms in total. The second-order valence-electron chi connectivity index (χ2n) is 5.73. The van der Waals surface area contributed by atoms with E-state index in [9.17, 15) is 4.79 Å². The first-order valence-corrected chi connectivity index (χ1v) is 7.69. The Hall–Kier alpha value is -2.07. The topological polar surface area (TPSA) is 45.5 Å². The van der Waals surface area contributed by atoms with Gasteiger partial charge in [-0.15, -0.1) is 0 Å². The lowest BCUT2D eigenvalue weighted by Gasteiger charge is -2.15. The molecule has 22 heavy (non-hydrogen) atoms. The molecule has 4 heteroatoms. The number of furan rings is 1. The van der Waals surface area contributed by atoms with Crippen LogP contribution in [-0.2, 0) is 11.3 Å². The number of benzene rings is 1. The Bertz CT molecular complexity index is 576. The summed E-state index contributed by atoms with van der Waals surface area (Å²) in [5.41, 5.74) is 2.14. The van der Waals surface area contributed by atoms with E-state index in [0.717, 1.165) is 17.9 Å². The first-order chi connectivity index (χ1) is 10.6. The fourth-order valence-corrected chi connectivity index (χ4v) is 2.30. The van der Waals surface area contributed by atoms with Crippen molar-refractivity contribution in [2.24, 2.45) is 0 Å². The first kappa shape index (κ1) is 16.3. The highest BCUT2D eigenvalue weighted by molar-refractivity contribution is 5.92. The van der Waals surface area contributed by atoms with E-state index in [1.807, 2.05) is 36.2 Å². The molecule has 1 amide bonds. The summed E-state index contributed by atoms with van der Waals surface area (Å²) >= 11 is 0.